The number of hydrogen-bond donors (Lipinski definition) is 0. The summed E-state index contributed by atoms with van der Waals surface area (Å²) in [5.41, 5.74) is 0. The van der Waals surface area contributed by atoms with Crippen molar-refractivity contribution in [3.05, 3.63) is 30.7 Å². The molecule has 1 saturated heterocycles. The van der Waals surface area contributed by atoms with Gasteiger partial charge in [-0.15, -0.1) is 0 Å². The van der Waals surface area contributed by atoms with Gasteiger partial charge in [0.2, 0.25) is 0 Å². The Kier molecular flexibility index (Phi) is 4.11. The minimum atomic E-state index is 0.791. The van der Waals surface area contributed by atoms with E-state index in [1.165, 1.54) is 24.6 Å². The maximum Gasteiger partial charge on any atom is 0.137 e. The highest BCUT2D eigenvalue weighted by Gasteiger charge is 2.21. The highest BCUT2D eigenvalue weighted by atomic mass is 16.5. The van der Waals surface area contributed by atoms with Gasteiger partial charge in [-0.3, -0.25) is 4.98 Å². The number of hydrogen-bond acceptors (Lipinski definition) is 4. The molecule has 1 fully saturated rings. The normalized spacial score (nSPS) is 16.8. The van der Waals surface area contributed by atoms with Crippen LogP contribution in [0.25, 0.3) is 10.8 Å². The van der Waals surface area contributed by atoms with Crippen LogP contribution >= 0.6 is 0 Å². The minimum Gasteiger partial charge on any atom is -0.385 e. The SMILES string of the molecule is COCCC1CCN(c2nccc3ccncc23)CC1. The first-order valence-corrected chi connectivity index (χ1v) is 7.31. The molecule has 1 aliphatic heterocycles. The van der Waals surface area contributed by atoms with Crippen molar-refractivity contribution in [3.63, 3.8) is 0 Å². The molecule has 2 aromatic heterocycles. The molecule has 0 aliphatic carbocycles. The predicted octanol–water partition coefficient (Wildman–Crippen LogP) is 2.88. The molecule has 4 nitrogen and oxygen atoms in total. The first-order chi connectivity index (χ1) is 9.88. The first kappa shape index (κ1) is 13.3. The van der Waals surface area contributed by atoms with Crippen molar-refractivity contribution in [1.29, 1.82) is 0 Å². The van der Waals surface area contributed by atoms with E-state index < -0.39 is 0 Å². The van der Waals surface area contributed by atoms with Crippen molar-refractivity contribution < 1.29 is 4.74 Å². The Bertz CT molecular complexity index is 559. The lowest BCUT2D eigenvalue weighted by molar-refractivity contribution is 0.170. The summed E-state index contributed by atoms with van der Waals surface area (Å²) < 4.78 is 5.18. The number of pyridine rings is 2. The van der Waals surface area contributed by atoms with E-state index in [2.05, 4.69) is 14.9 Å². The number of methoxy groups -OCH3 is 1. The fraction of sp³-hybridized carbons (Fsp3) is 0.500. The molecule has 0 unspecified atom stereocenters. The lowest BCUT2D eigenvalue weighted by Crippen LogP contribution is -2.34. The Morgan fingerprint density at radius 1 is 1.25 bits per heavy atom. The Hall–Kier alpha value is -1.68. The number of nitrogens with zero attached hydrogens (tertiary/aromatic N) is 3. The third-order valence-electron chi connectivity index (χ3n) is 4.19. The molecule has 3 rings (SSSR count). The number of anilines is 1. The summed E-state index contributed by atoms with van der Waals surface area (Å²) in [6, 6.07) is 4.09. The molecule has 0 spiro atoms. The molecule has 20 heavy (non-hydrogen) atoms. The summed E-state index contributed by atoms with van der Waals surface area (Å²) in [4.78, 5) is 11.2. The Morgan fingerprint density at radius 2 is 2.05 bits per heavy atom. The van der Waals surface area contributed by atoms with Crippen LogP contribution in [0.1, 0.15) is 19.3 Å². The van der Waals surface area contributed by atoms with Gasteiger partial charge in [-0.1, -0.05) is 0 Å². The van der Waals surface area contributed by atoms with Gasteiger partial charge in [0.05, 0.1) is 0 Å². The van der Waals surface area contributed by atoms with Crippen LogP contribution in [0.4, 0.5) is 5.82 Å². The number of rotatable bonds is 4. The van der Waals surface area contributed by atoms with E-state index in [0.717, 1.165) is 36.8 Å². The molecular weight excluding hydrogens is 250 g/mol. The van der Waals surface area contributed by atoms with Crippen LogP contribution < -0.4 is 4.90 Å². The first-order valence-electron chi connectivity index (χ1n) is 7.31. The highest BCUT2D eigenvalue weighted by Crippen LogP contribution is 2.28. The number of ether oxygens (including phenoxy) is 1. The lowest BCUT2D eigenvalue weighted by atomic mass is 9.94. The van der Waals surface area contributed by atoms with Gasteiger partial charge in [-0.2, -0.15) is 0 Å². The van der Waals surface area contributed by atoms with E-state index in [0.29, 0.717) is 0 Å². The fourth-order valence-electron chi connectivity index (χ4n) is 2.97. The number of piperidine rings is 1. The van der Waals surface area contributed by atoms with E-state index in [1.54, 1.807) is 7.11 Å². The van der Waals surface area contributed by atoms with Gasteiger partial charge < -0.3 is 9.64 Å². The highest BCUT2D eigenvalue weighted by molar-refractivity contribution is 5.91. The van der Waals surface area contributed by atoms with E-state index in [9.17, 15) is 0 Å². The topological polar surface area (TPSA) is 38.2 Å². The van der Waals surface area contributed by atoms with Gasteiger partial charge in [-0.05, 0) is 42.7 Å². The zero-order valence-corrected chi connectivity index (χ0v) is 12.0. The van der Waals surface area contributed by atoms with Crippen LogP contribution in [0.3, 0.4) is 0 Å². The third kappa shape index (κ3) is 2.75. The zero-order chi connectivity index (χ0) is 13.8. The fourth-order valence-corrected chi connectivity index (χ4v) is 2.97. The van der Waals surface area contributed by atoms with Gasteiger partial charge in [0.15, 0.2) is 0 Å². The Labute approximate surface area is 119 Å². The molecule has 3 heterocycles. The molecule has 0 bridgehead atoms. The van der Waals surface area contributed by atoms with Crippen molar-refractivity contribution >= 4 is 16.6 Å². The third-order valence-corrected chi connectivity index (χ3v) is 4.19. The minimum absolute atomic E-state index is 0.791. The Balaban J connectivity index is 1.74. The largest absolute Gasteiger partial charge is 0.385 e. The molecular formula is C16H21N3O. The molecule has 0 radical (unpaired) electrons. The van der Waals surface area contributed by atoms with E-state index >= 15 is 0 Å². The van der Waals surface area contributed by atoms with Gasteiger partial charge in [-0.25, -0.2) is 4.98 Å². The zero-order valence-electron chi connectivity index (χ0n) is 12.0. The van der Waals surface area contributed by atoms with E-state index in [-0.39, 0.29) is 0 Å². The van der Waals surface area contributed by atoms with Crippen molar-refractivity contribution in [2.75, 3.05) is 31.7 Å². The summed E-state index contributed by atoms with van der Waals surface area (Å²) in [6.45, 7) is 3.03. The monoisotopic (exact) mass is 271 g/mol. The molecule has 2 aromatic rings. The van der Waals surface area contributed by atoms with Crippen LogP contribution in [0.5, 0.6) is 0 Å². The summed E-state index contributed by atoms with van der Waals surface area (Å²) in [6.07, 6.45) is 9.28. The van der Waals surface area contributed by atoms with Crippen molar-refractivity contribution in [2.24, 2.45) is 5.92 Å². The van der Waals surface area contributed by atoms with Crippen LogP contribution in [-0.4, -0.2) is 36.8 Å². The molecule has 0 atom stereocenters. The van der Waals surface area contributed by atoms with Gasteiger partial charge in [0.25, 0.3) is 0 Å². The summed E-state index contributed by atoms with van der Waals surface area (Å²) in [5, 5.41) is 2.37. The van der Waals surface area contributed by atoms with Crippen LogP contribution in [0, 0.1) is 5.92 Å². The second-order valence-corrected chi connectivity index (χ2v) is 5.44. The average molecular weight is 271 g/mol. The molecule has 106 valence electrons. The quantitative estimate of drug-likeness (QED) is 0.857. The maximum atomic E-state index is 5.18. The van der Waals surface area contributed by atoms with Gasteiger partial charge in [0, 0.05) is 50.8 Å². The molecule has 0 aromatic carbocycles. The van der Waals surface area contributed by atoms with Crippen molar-refractivity contribution in [1.82, 2.24) is 9.97 Å². The van der Waals surface area contributed by atoms with Crippen LogP contribution in [0.2, 0.25) is 0 Å². The smallest absolute Gasteiger partial charge is 0.137 e. The summed E-state index contributed by atoms with van der Waals surface area (Å²) in [5.74, 6) is 1.88. The van der Waals surface area contributed by atoms with E-state index in [1.807, 2.05) is 30.7 Å². The summed E-state index contributed by atoms with van der Waals surface area (Å²) >= 11 is 0. The predicted molar refractivity (Wildman–Crippen MR) is 81.0 cm³/mol. The maximum absolute atomic E-state index is 5.18. The number of fused-ring (bicyclic) bond motifs is 1. The standard InChI is InChI=1S/C16H21N3O/c1-20-11-6-13-4-9-19(10-5-13)16-15-12-17-7-2-14(15)3-8-18-16/h2-3,7-8,12-13H,4-6,9-11H2,1H3. The van der Waals surface area contributed by atoms with Gasteiger partial charge in [0.1, 0.15) is 5.82 Å². The number of aromatic nitrogens is 2. The van der Waals surface area contributed by atoms with Crippen molar-refractivity contribution in [3.8, 4) is 0 Å². The molecule has 0 N–H and O–H groups in total. The van der Waals surface area contributed by atoms with Crippen molar-refractivity contribution in [2.45, 2.75) is 19.3 Å². The second-order valence-electron chi connectivity index (χ2n) is 5.44. The Morgan fingerprint density at radius 3 is 2.85 bits per heavy atom. The van der Waals surface area contributed by atoms with Crippen LogP contribution in [0.15, 0.2) is 30.7 Å². The lowest BCUT2D eigenvalue weighted by Gasteiger charge is -2.33. The summed E-state index contributed by atoms with van der Waals surface area (Å²) in [7, 11) is 1.78. The second kappa shape index (κ2) is 6.18. The molecule has 0 saturated carbocycles. The van der Waals surface area contributed by atoms with Gasteiger partial charge >= 0.3 is 0 Å². The molecule has 1 aliphatic rings. The van der Waals surface area contributed by atoms with E-state index in [4.69, 9.17) is 4.74 Å². The van der Waals surface area contributed by atoms with Crippen LogP contribution in [-0.2, 0) is 4.74 Å². The average Bonchev–Trinajstić information content (AvgIpc) is 2.53. The molecule has 4 heteroatoms. The molecule has 0 amide bonds.